The Labute approximate surface area is 99.6 Å². The fraction of sp³-hybridized carbons (Fsp3) is 0.889. The lowest BCUT2D eigenvalue weighted by atomic mass is 10.4. The lowest BCUT2D eigenvalue weighted by molar-refractivity contribution is 0.910. The summed E-state index contributed by atoms with van der Waals surface area (Å²) < 4.78 is 0. The van der Waals surface area contributed by atoms with Gasteiger partial charge in [0.2, 0.25) is 0 Å². The third kappa shape index (κ3) is 13.4. The number of rotatable bonds is 10. The average molecular weight is 256 g/mol. The summed E-state index contributed by atoms with van der Waals surface area (Å²) in [5.41, 5.74) is 0. The van der Waals surface area contributed by atoms with Gasteiger partial charge in [-0.2, -0.15) is 23.5 Å². The second-order valence-corrected chi connectivity index (χ2v) is 7.37. The van der Waals surface area contributed by atoms with Gasteiger partial charge in [-0.15, -0.1) is 0 Å². The van der Waals surface area contributed by atoms with Crippen LogP contribution in [-0.2, 0) is 0 Å². The van der Waals surface area contributed by atoms with E-state index < -0.39 is 0 Å². The van der Waals surface area contributed by atoms with Gasteiger partial charge in [-0.05, 0) is 37.5 Å². The van der Waals surface area contributed by atoms with Crippen LogP contribution in [-0.4, -0.2) is 35.0 Å². The molecule has 0 spiro atoms. The van der Waals surface area contributed by atoms with Crippen LogP contribution in [0.1, 0.15) is 12.8 Å². The number of unbranched alkanes of at least 4 members (excludes halogenated alkanes) is 1. The van der Waals surface area contributed by atoms with Gasteiger partial charge in [-0.25, -0.2) is 0 Å². The first-order valence-electron chi connectivity index (χ1n) is 4.52. The fourth-order valence-corrected chi connectivity index (χ4v) is 4.48. The van der Waals surface area contributed by atoms with Crippen LogP contribution >= 0.6 is 45.1 Å². The molecule has 0 unspecified atom stereocenters. The van der Waals surface area contributed by atoms with E-state index in [0.717, 1.165) is 5.75 Å². The molecule has 0 saturated heterocycles. The minimum absolute atomic E-state index is 1.02. The Morgan fingerprint density at radius 2 is 1.62 bits per heavy atom. The molecule has 0 aliphatic carbocycles. The van der Waals surface area contributed by atoms with E-state index >= 15 is 0 Å². The van der Waals surface area contributed by atoms with E-state index in [4.69, 9.17) is 0 Å². The van der Waals surface area contributed by atoms with Crippen LogP contribution in [0.3, 0.4) is 0 Å². The van der Waals surface area contributed by atoms with Crippen molar-refractivity contribution in [1.82, 2.24) is 0 Å². The van der Waals surface area contributed by atoms with Crippen LogP contribution in [0.4, 0.5) is 0 Å². The zero-order valence-corrected chi connectivity index (χ0v) is 11.6. The van der Waals surface area contributed by atoms with Crippen LogP contribution in [0.5, 0.6) is 0 Å². The molecule has 4 heteroatoms. The summed E-state index contributed by atoms with van der Waals surface area (Å²) in [7, 11) is 4.05. The molecule has 13 heavy (non-hydrogen) atoms. The average Bonchev–Trinajstić information content (AvgIpc) is 2.16. The molecule has 0 amide bonds. The molecule has 0 aromatic carbocycles. The molecule has 0 rings (SSSR count). The second-order valence-electron chi connectivity index (χ2n) is 2.46. The Morgan fingerprint density at radius 3 is 2.31 bits per heavy atom. The minimum atomic E-state index is 1.02. The summed E-state index contributed by atoms with van der Waals surface area (Å²) in [6.45, 7) is 3.80. The standard InChI is InChI=1S/C9H19S4/c1-3-11-6-4-5-7-12-13-9-8-10-2/h1,3-9H2,2H3. The van der Waals surface area contributed by atoms with Crippen molar-refractivity contribution in [3.63, 3.8) is 0 Å². The normalized spacial score (nSPS) is 10.6. The first-order valence-corrected chi connectivity index (χ1v) is 9.55. The Balaban J connectivity index is 2.76. The highest BCUT2D eigenvalue weighted by Gasteiger charge is 1.91. The topological polar surface area (TPSA) is 0 Å². The van der Waals surface area contributed by atoms with Gasteiger partial charge in [0.25, 0.3) is 0 Å². The summed E-state index contributed by atoms with van der Waals surface area (Å²) in [5.74, 6) is 6.21. The Hall–Kier alpha value is 1.40. The SMILES string of the molecule is [CH2]CSCCCCSSCCSC. The summed E-state index contributed by atoms with van der Waals surface area (Å²) in [6, 6.07) is 0. The minimum Gasteiger partial charge on any atom is -0.165 e. The first-order chi connectivity index (χ1) is 6.41. The van der Waals surface area contributed by atoms with Crippen molar-refractivity contribution in [3.05, 3.63) is 6.92 Å². The molecular weight excluding hydrogens is 236 g/mol. The number of hydrogen-bond donors (Lipinski definition) is 0. The van der Waals surface area contributed by atoms with Gasteiger partial charge in [-0.3, -0.25) is 0 Å². The van der Waals surface area contributed by atoms with E-state index in [1.54, 1.807) is 0 Å². The predicted octanol–water partition coefficient (Wildman–Crippen LogP) is 4.08. The Kier molecular flexibility index (Phi) is 14.8. The molecule has 0 N–H and O–H groups in total. The largest absolute Gasteiger partial charge is 0.165 e. The molecule has 0 saturated carbocycles. The highest BCUT2D eigenvalue weighted by atomic mass is 33.1. The summed E-state index contributed by atoms with van der Waals surface area (Å²) in [5, 5.41) is 0. The van der Waals surface area contributed by atoms with E-state index in [1.165, 1.54) is 35.9 Å². The molecule has 0 aromatic rings. The van der Waals surface area contributed by atoms with Crippen LogP contribution in [0.15, 0.2) is 0 Å². The lowest BCUT2D eigenvalue weighted by Gasteiger charge is -2.00. The van der Waals surface area contributed by atoms with Gasteiger partial charge in [0.1, 0.15) is 0 Å². The maximum atomic E-state index is 3.80. The number of thioether (sulfide) groups is 2. The Morgan fingerprint density at radius 1 is 0.923 bits per heavy atom. The zero-order chi connectivity index (χ0) is 9.78. The van der Waals surface area contributed by atoms with Crippen molar-refractivity contribution >= 4 is 45.1 Å². The molecule has 0 aromatic heterocycles. The smallest absolute Gasteiger partial charge is 0.0128 e. The monoisotopic (exact) mass is 255 g/mol. The fourth-order valence-electron chi connectivity index (χ4n) is 0.702. The molecule has 79 valence electrons. The molecule has 0 bridgehead atoms. The highest BCUT2D eigenvalue weighted by Crippen LogP contribution is 2.23. The molecule has 1 radical (unpaired) electrons. The first kappa shape index (κ1) is 14.4. The van der Waals surface area contributed by atoms with Crippen LogP contribution in [0, 0.1) is 6.92 Å². The van der Waals surface area contributed by atoms with Crippen molar-refractivity contribution in [2.24, 2.45) is 0 Å². The molecule has 0 aliphatic heterocycles. The van der Waals surface area contributed by atoms with Crippen LogP contribution < -0.4 is 0 Å². The molecule has 0 nitrogen and oxygen atoms in total. The van der Waals surface area contributed by atoms with E-state index in [2.05, 4.69) is 13.2 Å². The van der Waals surface area contributed by atoms with Crippen molar-refractivity contribution in [1.29, 1.82) is 0 Å². The molecule has 0 heterocycles. The van der Waals surface area contributed by atoms with Crippen molar-refractivity contribution in [2.75, 3.05) is 35.0 Å². The van der Waals surface area contributed by atoms with Gasteiger partial charge in [0.15, 0.2) is 0 Å². The van der Waals surface area contributed by atoms with Crippen LogP contribution in [0.2, 0.25) is 0 Å². The Bertz CT molecular complexity index is 77.7. The third-order valence-corrected chi connectivity index (χ3v) is 5.59. The lowest BCUT2D eigenvalue weighted by Crippen LogP contribution is -1.84. The van der Waals surface area contributed by atoms with Crippen molar-refractivity contribution in [3.8, 4) is 0 Å². The maximum absolute atomic E-state index is 3.80. The maximum Gasteiger partial charge on any atom is 0.0128 e. The van der Waals surface area contributed by atoms with E-state index in [-0.39, 0.29) is 0 Å². The molecule has 0 fully saturated rings. The van der Waals surface area contributed by atoms with Gasteiger partial charge in [-0.1, -0.05) is 21.6 Å². The number of hydrogen-bond acceptors (Lipinski definition) is 4. The highest BCUT2D eigenvalue weighted by molar-refractivity contribution is 8.76. The zero-order valence-electron chi connectivity index (χ0n) is 8.29. The van der Waals surface area contributed by atoms with Gasteiger partial charge in [0, 0.05) is 17.3 Å². The molecule has 0 atom stereocenters. The van der Waals surface area contributed by atoms with Crippen molar-refractivity contribution in [2.45, 2.75) is 12.8 Å². The van der Waals surface area contributed by atoms with Gasteiger partial charge < -0.3 is 0 Å². The summed E-state index contributed by atoms with van der Waals surface area (Å²) >= 11 is 3.88. The van der Waals surface area contributed by atoms with Crippen LogP contribution in [0.25, 0.3) is 0 Å². The van der Waals surface area contributed by atoms with Crippen molar-refractivity contribution < 1.29 is 0 Å². The van der Waals surface area contributed by atoms with E-state index in [9.17, 15) is 0 Å². The van der Waals surface area contributed by atoms with Gasteiger partial charge in [0.05, 0.1) is 0 Å². The molecular formula is C9H19S4. The van der Waals surface area contributed by atoms with E-state index in [0.29, 0.717) is 0 Å². The molecule has 0 aliphatic rings. The quantitative estimate of drug-likeness (QED) is 0.426. The summed E-state index contributed by atoms with van der Waals surface area (Å²) in [4.78, 5) is 0. The predicted molar refractivity (Wildman–Crippen MR) is 75.2 cm³/mol. The summed E-state index contributed by atoms with van der Waals surface area (Å²) in [6.07, 6.45) is 4.89. The van der Waals surface area contributed by atoms with E-state index in [1.807, 2.05) is 45.1 Å². The second kappa shape index (κ2) is 13.4. The van der Waals surface area contributed by atoms with Gasteiger partial charge >= 0.3 is 0 Å². The third-order valence-electron chi connectivity index (χ3n) is 1.36.